The number of rotatable bonds is 9. The molecular formula is C33H31F3N4O5. The van der Waals surface area contributed by atoms with E-state index in [1.807, 2.05) is 12.1 Å². The van der Waals surface area contributed by atoms with E-state index >= 15 is 0 Å². The minimum Gasteiger partial charge on any atom is -0.479 e. The van der Waals surface area contributed by atoms with Crippen molar-refractivity contribution in [1.29, 1.82) is 5.26 Å². The molecule has 4 rings (SSSR count). The molecule has 12 heteroatoms. The molecule has 234 valence electrons. The van der Waals surface area contributed by atoms with Crippen LogP contribution in [0.15, 0.2) is 72.3 Å². The summed E-state index contributed by atoms with van der Waals surface area (Å²) in [5, 5.41) is 32.2. The van der Waals surface area contributed by atoms with Crippen molar-refractivity contribution in [2.45, 2.75) is 51.4 Å². The van der Waals surface area contributed by atoms with Gasteiger partial charge < -0.3 is 20.8 Å². The Labute approximate surface area is 257 Å². The van der Waals surface area contributed by atoms with E-state index < -0.39 is 42.3 Å². The third-order valence-electron chi connectivity index (χ3n) is 7.45. The molecule has 45 heavy (non-hydrogen) atoms. The quantitative estimate of drug-likeness (QED) is 0.220. The number of benzene rings is 3. The van der Waals surface area contributed by atoms with Crippen molar-refractivity contribution in [2.75, 3.05) is 16.8 Å². The molecule has 9 nitrogen and oxygen atoms in total. The Morgan fingerprint density at radius 2 is 1.67 bits per heavy atom. The summed E-state index contributed by atoms with van der Waals surface area (Å²) in [5.41, 5.74) is 3.25. The van der Waals surface area contributed by atoms with Crippen LogP contribution in [-0.2, 0) is 17.5 Å². The molecule has 0 saturated carbocycles. The average molecular weight is 621 g/mol. The van der Waals surface area contributed by atoms with Crippen molar-refractivity contribution in [3.05, 3.63) is 100 Å². The third kappa shape index (κ3) is 8.49. The number of aliphatic hydroxyl groups is 1. The molecule has 0 saturated heterocycles. The van der Waals surface area contributed by atoms with E-state index in [0.717, 1.165) is 43.4 Å². The smallest absolute Gasteiger partial charge is 0.416 e. The maximum atomic E-state index is 13.6. The van der Waals surface area contributed by atoms with Gasteiger partial charge in [0.25, 0.3) is 5.91 Å². The Hall–Kier alpha value is -5.15. The van der Waals surface area contributed by atoms with Gasteiger partial charge in [-0.15, -0.1) is 0 Å². The number of allylic oxidation sites excluding steroid dienone is 2. The van der Waals surface area contributed by atoms with E-state index in [-0.39, 0.29) is 23.4 Å². The summed E-state index contributed by atoms with van der Waals surface area (Å²) in [4.78, 5) is 38.1. The first-order valence-corrected chi connectivity index (χ1v) is 14.1. The fourth-order valence-corrected chi connectivity index (χ4v) is 5.01. The van der Waals surface area contributed by atoms with Crippen molar-refractivity contribution in [3.63, 3.8) is 0 Å². The van der Waals surface area contributed by atoms with Gasteiger partial charge in [-0.3, -0.25) is 9.69 Å². The number of carboxylic acids is 1. The first-order valence-electron chi connectivity index (χ1n) is 14.1. The molecule has 0 radical (unpaired) electrons. The van der Waals surface area contributed by atoms with E-state index in [2.05, 4.69) is 17.6 Å². The molecule has 3 aromatic rings. The maximum Gasteiger partial charge on any atom is 0.416 e. The SMILES string of the molecule is CC1=C(c2ccc(N(Cc3ccc(C(=O)NC[C@@H](O)C(=O)O)cc3)C(=O)Nc3cc(C#N)cc(C(F)(F)F)c3)cc2)CCCC1. The number of carbonyl (C=O) groups excluding carboxylic acids is 2. The summed E-state index contributed by atoms with van der Waals surface area (Å²) in [7, 11) is 0. The van der Waals surface area contributed by atoms with Crippen molar-refractivity contribution in [3.8, 4) is 6.07 Å². The highest BCUT2D eigenvalue weighted by Gasteiger charge is 2.31. The van der Waals surface area contributed by atoms with Gasteiger partial charge in [-0.05, 0) is 91.8 Å². The van der Waals surface area contributed by atoms with Gasteiger partial charge in [0, 0.05) is 16.9 Å². The summed E-state index contributed by atoms with van der Waals surface area (Å²) in [6.45, 7) is 1.58. The second-order valence-electron chi connectivity index (χ2n) is 10.7. The largest absolute Gasteiger partial charge is 0.479 e. The topological polar surface area (TPSA) is 143 Å². The molecule has 1 atom stereocenters. The Morgan fingerprint density at radius 3 is 2.27 bits per heavy atom. The van der Waals surface area contributed by atoms with Crippen LogP contribution in [0.3, 0.4) is 0 Å². The number of nitrogens with one attached hydrogen (secondary N) is 2. The highest BCUT2D eigenvalue weighted by molar-refractivity contribution is 6.02. The number of alkyl halides is 3. The van der Waals surface area contributed by atoms with Gasteiger partial charge in [0.2, 0.25) is 0 Å². The highest BCUT2D eigenvalue weighted by atomic mass is 19.4. The summed E-state index contributed by atoms with van der Waals surface area (Å²) < 4.78 is 40.4. The number of amides is 3. The van der Waals surface area contributed by atoms with Crippen molar-refractivity contribution >= 4 is 34.9 Å². The van der Waals surface area contributed by atoms with Crippen LogP contribution in [0.5, 0.6) is 0 Å². The number of aliphatic hydroxyl groups excluding tert-OH is 1. The van der Waals surface area contributed by atoms with E-state index in [0.29, 0.717) is 17.3 Å². The zero-order valence-electron chi connectivity index (χ0n) is 24.3. The average Bonchev–Trinajstić information content (AvgIpc) is 3.02. The van der Waals surface area contributed by atoms with Gasteiger partial charge in [-0.1, -0.05) is 29.8 Å². The molecule has 0 fully saturated rings. The van der Waals surface area contributed by atoms with Crippen LogP contribution in [0.2, 0.25) is 0 Å². The van der Waals surface area contributed by atoms with Gasteiger partial charge in [-0.2, -0.15) is 18.4 Å². The Bertz CT molecular complexity index is 1640. The second kappa shape index (κ2) is 14.1. The van der Waals surface area contributed by atoms with Gasteiger partial charge >= 0.3 is 18.2 Å². The first-order chi connectivity index (χ1) is 21.3. The molecule has 0 heterocycles. The number of nitriles is 1. The monoisotopic (exact) mass is 620 g/mol. The van der Waals surface area contributed by atoms with Crippen molar-refractivity contribution in [2.24, 2.45) is 0 Å². The van der Waals surface area contributed by atoms with E-state index in [1.165, 1.54) is 28.2 Å². The molecule has 1 aliphatic rings. The second-order valence-corrected chi connectivity index (χ2v) is 10.7. The lowest BCUT2D eigenvalue weighted by molar-refractivity contribution is -0.146. The molecular weight excluding hydrogens is 589 g/mol. The van der Waals surface area contributed by atoms with Gasteiger partial charge in [0.1, 0.15) is 0 Å². The molecule has 0 spiro atoms. The van der Waals surface area contributed by atoms with Crippen LogP contribution < -0.4 is 15.5 Å². The molecule has 3 amide bonds. The number of carboxylic acid groups (broad SMARTS) is 1. The van der Waals surface area contributed by atoms with Crippen LogP contribution in [0.4, 0.5) is 29.3 Å². The third-order valence-corrected chi connectivity index (χ3v) is 7.45. The predicted molar refractivity (Wildman–Crippen MR) is 161 cm³/mol. The zero-order chi connectivity index (χ0) is 32.7. The molecule has 3 aromatic carbocycles. The molecule has 0 unspecified atom stereocenters. The highest BCUT2D eigenvalue weighted by Crippen LogP contribution is 2.34. The van der Waals surface area contributed by atoms with E-state index in [9.17, 15) is 37.9 Å². The van der Waals surface area contributed by atoms with Crippen molar-refractivity contribution < 1.29 is 37.8 Å². The Balaban J connectivity index is 1.61. The van der Waals surface area contributed by atoms with Crippen LogP contribution in [0.25, 0.3) is 5.57 Å². The van der Waals surface area contributed by atoms with E-state index in [4.69, 9.17) is 5.11 Å². The summed E-state index contributed by atoms with van der Waals surface area (Å²) in [5.74, 6) is -2.09. The lowest BCUT2D eigenvalue weighted by Crippen LogP contribution is -2.36. The number of nitrogens with zero attached hydrogens (tertiary/aromatic N) is 2. The Kier molecular flexibility index (Phi) is 10.3. The normalized spacial score (nSPS) is 13.9. The number of carbonyl (C=O) groups is 3. The predicted octanol–water partition coefficient (Wildman–Crippen LogP) is 6.34. The zero-order valence-corrected chi connectivity index (χ0v) is 24.3. The maximum absolute atomic E-state index is 13.6. The minimum atomic E-state index is -4.73. The number of aliphatic carboxylic acids is 1. The summed E-state index contributed by atoms with van der Waals surface area (Å²) >= 11 is 0. The van der Waals surface area contributed by atoms with Gasteiger partial charge in [-0.25, -0.2) is 9.59 Å². The summed E-state index contributed by atoms with van der Waals surface area (Å²) in [6.07, 6.45) is -2.31. The van der Waals surface area contributed by atoms with Crippen LogP contribution in [0, 0.1) is 11.3 Å². The number of anilines is 2. The van der Waals surface area contributed by atoms with Gasteiger partial charge in [0.15, 0.2) is 6.10 Å². The molecule has 0 aromatic heterocycles. The standard InChI is InChI=1S/C33H31F3N4O5/c1-20-4-2-3-5-28(20)23-10-12-27(13-11-23)40(32(45)39-26-15-22(17-37)14-25(16-26)33(34,35)36)19-21-6-8-24(9-7-21)30(42)38-18-29(41)31(43)44/h6-16,29,41H,2-5,18-19H2,1H3,(H,38,42)(H,39,45)(H,43,44)/t29-/m1/s1. The summed E-state index contributed by atoms with van der Waals surface area (Å²) in [6, 6.07) is 16.9. The molecule has 1 aliphatic carbocycles. The van der Waals surface area contributed by atoms with Gasteiger partial charge in [0.05, 0.1) is 30.3 Å². The number of hydrogen-bond donors (Lipinski definition) is 4. The van der Waals surface area contributed by atoms with Crippen molar-refractivity contribution in [1.82, 2.24) is 5.32 Å². The molecule has 4 N–H and O–H groups in total. The van der Waals surface area contributed by atoms with Crippen LogP contribution in [0.1, 0.15) is 65.2 Å². The first kappa shape index (κ1) is 32.8. The van der Waals surface area contributed by atoms with Crippen LogP contribution >= 0.6 is 0 Å². The fraction of sp³-hybridized carbons (Fsp3) is 0.273. The molecule has 0 bridgehead atoms. The fourth-order valence-electron chi connectivity index (χ4n) is 5.01. The number of hydrogen-bond acceptors (Lipinski definition) is 5. The number of urea groups is 1. The lowest BCUT2D eigenvalue weighted by atomic mass is 9.88. The van der Waals surface area contributed by atoms with Crippen LogP contribution in [-0.4, -0.2) is 40.8 Å². The lowest BCUT2D eigenvalue weighted by Gasteiger charge is -2.25. The molecule has 0 aliphatic heterocycles. The Morgan fingerprint density at radius 1 is 1.00 bits per heavy atom. The van der Waals surface area contributed by atoms with E-state index in [1.54, 1.807) is 30.3 Å². The minimum absolute atomic E-state index is 0.0312. The number of halogens is 3.